The summed E-state index contributed by atoms with van der Waals surface area (Å²) in [6, 6.07) is 8.72. The van der Waals surface area contributed by atoms with E-state index >= 15 is 0 Å². The van der Waals surface area contributed by atoms with Gasteiger partial charge in [-0.15, -0.1) is 11.8 Å². The number of hydrogen-bond donors (Lipinski definition) is 2. The summed E-state index contributed by atoms with van der Waals surface area (Å²) in [6.07, 6.45) is 4.29. The minimum atomic E-state index is -0.0400. The molecule has 0 heterocycles. The standard InChI is InChI=1S/C14H24N2S/c1-14(2,15)9-4-10-16-11-12-5-7-13(17-3)8-6-12/h5-8,16H,4,9-11,15H2,1-3H3. The van der Waals surface area contributed by atoms with Crippen molar-refractivity contribution in [3.8, 4) is 0 Å². The zero-order valence-electron chi connectivity index (χ0n) is 11.1. The first kappa shape index (κ1) is 14.6. The molecule has 0 aliphatic carbocycles. The molecule has 0 unspecified atom stereocenters. The predicted octanol–water partition coefficient (Wildman–Crippen LogP) is 3.02. The number of hydrogen-bond acceptors (Lipinski definition) is 3. The zero-order valence-corrected chi connectivity index (χ0v) is 11.9. The van der Waals surface area contributed by atoms with Gasteiger partial charge in [-0.05, 0) is 57.2 Å². The molecule has 0 amide bonds. The first-order valence-electron chi connectivity index (χ1n) is 6.14. The SMILES string of the molecule is CSc1ccc(CNCCCC(C)(C)N)cc1. The Labute approximate surface area is 109 Å². The van der Waals surface area contributed by atoms with Crippen molar-refractivity contribution in [3.05, 3.63) is 29.8 Å². The van der Waals surface area contributed by atoms with Crippen molar-refractivity contribution in [2.24, 2.45) is 5.73 Å². The first-order chi connectivity index (χ1) is 8.01. The van der Waals surface area contributed by atoms with Crippen molar-refractivity contribution < 1.29 is 0 Å². The van der Waals surface area contributed by atoms with Crippen molar-refractivity contribution in [2.75, 3.05) is 12.8 Å². The van der Waals surface area contributed by atoms with Gasteiger partial charge in [-0.3, -0.25) is 0 Å². The molecule has 0 atom stereocenters. The van der Waals surface area contributed by atoms with Crippen LogP contribution in [-0.2, 0) is 6.54 Å². The van der Waals surface area contributed by atoms with Crippen LogP contribution in [0.5, 0.6) is 0 Å². The molecule has 17 heavy (non-hydrogen) atoms. The van der Waals surface area contributed by atoms with Gasteiger partial charge in [-0.1, -0.05) is 12.1 Å². The molecule has 1 rings (SSSR count). The van der Waals surface area contributed by atoms with Crippen molar-refractivity contribution in [1.82, 2.24) is 5.32 Å². The summed E-state index contributed by atoms with van der Waals surface area (Å²) >= 11 is 1.78. The van der Waals surface area contributed by atoms with Gasteiger partial charge in [0.2, 0.25) is 0 Å². The maximum atomic E-state index is 5.93. The Morgan fingerprint density at radius 3 is 2.41 bits per heavy atom. The summed E-state index contributed by atoms with van der Waals surface area (Å²) in [5, 5.41) is 3.45. The second kappa shape index (κ2) is 7.04. The van der Waals surface area contributed by atoms with E-state index in [4.69, 9.17) is 5.73 Å². The molecular formula is C14H24N2S. The normalized spacial score (nSPS) is 11.8. The molecule has 1 aromatic carbocycles. The fourth-order valence-electron chi connectivity index (χ4n) is 1.65. The van der Waals surface area contributed by atoms with Crippen LogP contribution in [0, 0.1) is 0 Å². The number of benzene rings is 1. The van der Waals surface area contributed by atoms with Crippen LogP contribution in [0.4, 0.5) is 0 Å². The van der Waals surface area contributed by atoms with Gasteiger partial charge in [0.25, 0.3) is 0 Å². The van der Waals surface area contributed by atoms with E-state index in [1.807, 2.05) is 0 Å². The number of nitrogens with one attached hydrogen (secondary N) is 1. The minimum absolute atomic E-state index is 0.0400. The highest BCUT2D eigenvalue weighted by molar-refractivity contribution is 7.98. The maximum absolute atomic E-state index is 5.93. The molecule has 0 radical (unpaired) electrons. The smallest absolute Gasteiger partial charge is 0.0205 e. The third-order valence-corrected chi connectivity index (χ3v) is 3.41. The Bertz CT molecular complexity index is 314. The number of nitrogens with two attached hydrogens (primary N) is 1. The summed E-state index contributed by atoms with van der Waals surface area (Å²) < 4.78 is 0. The van der Waals surface area contributed by atoms with Crippen molar-refractivity contribution in [1.29, 1.82) is 0 Å². The molecular weight excluding hydrogens is 228 g/mol. The third kappa shape index (κ3) is 6.71. The van der Waals surface area contributed by atoms with Crippen LogP contribution in [0.15, 0.2) is 29.2 Å². The molecule has 0 aromatic heterocycles. The number of rotatable bonds is 7. The average Bonchev–Trinajstić information content (AvgIpc) is 2.28. The molecule has 0 saturated heterocycles. The van der Waals surface area contributed by atoms with Crippen LogP contribution in [0.3, 0.4) is 0 Å². The Morgan fingerprint density at radius 1 is 1.24 bits per heavy atom. The second-order valence-corrected chi connectivity index (χ2v) is 6.00. The maximum Gasteiger partial charge on any atom is 0.0205 e. The van der Waals surface area contributed by atoms with Gasteiger partial charge >= 0.3 is 0 Å². The highest BCUT2D eigenvalue weighted by Crippen LogP contribution is 2.14. The van der Waals surface area contributed by atoms with E-state index in [0.29, 0.717) is 0 Å². The summed E-state index contributed by atoms with van der Waals surface area (Å²) in [6.45, 7) is 6.13. The topological polar surface area (TPSA) is 38.0 Å². The molecule has 1 aromatic rings. The zero-order chi connectivity index (χ0) is 12.7. The predicted molar refractivity (Wildman–Crippen MR) is 77.4 cm³/mol. The summed E-state index contributed by atoms with van der Waals surface area (Å²) in [7, 11) is 0. The lowest BCUT2D eigenvalue weighted by Crippen LogP contribution is -2.32. The quantitative estimate of drug-likeness (QED) is 0.579. The van der Waals surface area contributed by atoms with Crippen LogP contribution in [0.25, 0.3) is 0 Å². The Balaban J connectivity index is 2.18. The lowest BCUT2D eigenvalue weighted by atomic mass is 10.0. The lowest BCUT2D eigenvalue weighted by Gasteiger charge is -2.18. The molecule has 0 spiro atoms. The summed E-state index contributed by atoms with van der Waals surface area (Å²) in [5.41, 5.74) is 7.23. The van der Waals surface area contributed by atoms with E-state index in [1.165, 1.54) is 10.5 Å². The Hall–Kier alpha value is -0.510. The fourth-order valence-corrected chi connectivity index (χ4v) is 2.05. The van der Waals surface area contributed by atoms with Crippen molar-refractivity contribution >= 4 is 11.8 Å². The van der Waals surface area contributed by atoms with Gasteiger partial charge in [0.15, 0.2) is 0 Å². The molecule has 3 heteroatoms. The summed E-state index contributed by atoms with van der Waals surface area (Å²) in [4.78, 5) is 1.32. The second-order valence-electron chi connectivity index (χ2n) is 5.12. The van der Waals surface area contributed by atoms with Gasteiger partial charge < -0.3 is 11.1 Å². The van der Waals surface area contributed by atoms with Gasteiger partial charge in [-0.25, -0.2) is 0 Å². The van der Waals surface area contributed by atoms with Crippen molar-refractivity contribution in [2.45, 2.75) is 43.7 Å². The van der Waals surface area contributed by atoms with Crippen LogP contribution >= 0.6 is 11.8 Å². The molecule has 0 fully saturated rings. The molecule has 2 nitrogen and oxygen atoms in total. The van der Waals surface area contributed by atoms with Crippen LogP contribution < -0.4 is 11.1 Å². The fraction of sp³-hybridized carbons (Fsp3) is 0.571. The van der Waals surface area contributed by atoms with Gasteiger partial charge in [-0.2, -0.15) is 0 Å². The molecule has 96 valence electrons. The van der Waals surface area contributed by atoms with Crippen LogP contribution in [-0.4, -0.2) is 18.3 Å². The Morgan fingerprint density at radius 2 is 1.88 bits per heavy atom. The first-order valence-corrected chi connectivity index (χ1v) is 7.36. The highest BCUT2D eigenvalue weighted by Gasteiger charge is 2.08. The van der Waals surface area contributed by atoms with E-state index in [9.17, 15) is 0 Å². The largest absolute Gasteiger partial charge is 0.326 e. The van der Waals surface area contributed by atoms with E-state index in [-0.39, 0.29) is 5.54 Å². The molecule has 3 N–H and O–H groups in total. The van der Waals surface area contributed by atoms with E-state index in [1.54, 1.807) is 11.8 Å². The number of thioether (sulfide) groups is 1. The Kier molecular flexibility index (Phi) is 6.03. The van der Waals surface area contributed by atoms with E-state index in [2.05, 4.69) is 49.7 Å². The third-order valence-electron chi connectivity index (χ3n) is 2.66. The van der Waals surface area contributed by atoms with Gasteiger partial charge in [0.05, 0.1) is 0 Å². The monoisotopic (exact) mass is 252 g/mol. The molecule has 0 aliphatic rings. The highest BCUT2D eigenvalue weighted by atomic mass is 32.2. The van der Waals surface area contributed by atoms with E-state index < -0.39 is 0 Å². The lowest BCUT2D eigenvalue weighted by molar-refractivity contribution is 0.448. The summed E-state index contributed by atoms with van der Waals surface area (Å²) in [5.74, 6) is 0. The van der Waals surface area contributed by atoms with Crippen LogP contribution in [0.1, 0.15) is 32.3 Å². The molecule has 0 saturated carbocycles. The average molecular weight is 252 g/mol. The van der Waals surface area contributed by atoms with Crippen LogP contribution in [0.2, 0.25) is 0 Å². The van der Waals surface area contributed by atoms with E-state index in [0.717, 1.165) is 25.9 Å². The molecule has 0 bridgehead atoms. The molecule has 0 aliphatic heterocycles. The van der Waals surface area contributed by atoms with Gasteiger partial charge in [0, 0.05) is 17.0 Å². The van der Waals surface area contributed by atoms with Crippen molar-refractivity contribution in [3.63, 3.8) is 0 Å². The minimum Gasteiger partial charge on any atom is -0.326 e. The van der Waals surface area contributed by atoms with Gasteiger partial charge in [0.1, 0.15) is 0 Å².